The third kappa shape index (κ3) is 2.86. The van der Waals surface area contributed by atoms with E-state index in [4.69, 9.17) is 4.74 Å². The fourth-order valence-corrected chi connectivity index (χ4v) is 1.78. The summed E-state index contributed by atoms with van der Waals surface area (Å²) in [4.78, 5) is 24.7. The Kier molecular flexibility index (Phi) is 3.93. The van der Waals surface area contributed by atoms with Gasteiger partial charge in [-0.2, -0.15) is 0 Å². The molecule has 1 unspecified atom stereocenters. The lowest BCUT2D eigenvalue weighted by Crippen LogP contribution is -2.46. The smallest absolute Gasteiger partial charge is 0.308 e. The number of methoxy groups -OCH3 is 1. The Morgan fingerprint density at radius 1 is 1.61 bits per heavy atom. The second-order valence-corrected chi connectivity index (χ2v) is 3.91. The molecule has 0 spiro atoms. The van der Waals surface area contributed by atoms with Gasteiger partial charge in [0.15, 0.2) is 5.69 Å². The van der Waals surface area contributed by atoms with Crippen LogP contribution in [0.4, 0.5) is 0 Å². The van der Waals surface area contributed by atoms with Crippen LogP contribution in [0.3, 0.4) is 0 Å². The maximum atomic E-state index is 12.0. The van der Waals surface area contributed by atoms with E-state index in [9.17, 15) is 9.59 Å². The molecule has 7 nitrogen and oxygen atoms in total. The molecule has 0 bridgehead atoms. The fraction of sp³-hybridized carbons (Fsp3) is 0.545. The van der Waals surface area contributed by atoms with Gasteiger partial charge in [-0.25, -0.2) is 0 Å². The summed E-state index contributed by atoms with van der Waals surface area (Å²) in [6.07, 6.45) is 1.15. The number of hydrogen-bond donors (Lipinski definition) is 0. The van der Waals surface area contributed by atoms with E-state index in [-0.39, 0.29) is 30.1 Å². The normalized spacial score (nSPS) is 19.6. The van der Waals surface area contributed by atoms with Crippen LogP contribution in [0, 0.1) is 0 Å². The van der Waals surface area contributed by atoms with Gasteiger partial charge in [0, 0.05) is 19.2 Å². The van der Waals surface area contributed by atoms with E-state index in [1.807, 2.05) is 0 Å². The van der Waals surface area contributed by atoms with Crippen molar-refractivity contribution >= 4 is 11.9 Å². The van der Waals surface area contributed by atoms with Gasteiger partial charge in [0.1, 0.15) is 6.26 Å². The highest BCUT2D eigenvalue weighted by atomic mass is 16.5. The topological polar surface area (TPSA) is 81.9 Å². The van der Waals surface area contributed by atoms with Crippen molar-refractivity contribution in [3.8, 4) is 0 Å². The van der Waals surface area contributed by atoms with Crippen LogP contribution in [0.5, 0.6) is 0 Å². The average molecular weight is 254 g/mol. The number of hydrogen-bond acceptors (Lipinski definition) is 6. The zero-order chi connectivity index (χ0) is 13.0. The first-order valence-electron chi connectivity index (χ1n) is 5.59. The highest BCUT2D eigenvalue weighted by Gasteiger charge is 2.27. The number of morpholine rings is 1. The Bertz CT molecular complexity index is 417. The van der Waals surface area contributed by atoms with Crippen molar-refractivity contribution in [2.45, 2.75) is 12.5 Å². The molecule has 1 atom stereocenters. The van der Waals surface area contributed by atoms with Crippen LogP contribution in [0.2, 0.25) is 0 Å². The minimum atomic E-state index is -0.351. The Morgan fingerprint density at radius 2 is 2.44 bits per heavy atom. The SMILES string of the molecule is COC(=O)CC1CN(C(=O)c2ccon2)CCO1. The summed E-state index contributed by atoms with van der Waals surface area (Å²) in [6.45, 7) is 1.22. The minimum Gasteiger partial charge on any atom is -0.469 e. The maximum absolute atomic E-state index is 12.0. The molecule has 2 rings (SSSR count). The second kappa shape index (κ2) is 5.63. The Labute approximate surface area is 104 Å². The van der Waals surface area contributed by atoms with Gasteiger partial charge >= 0.3 is 5.97 Å². The van der Waals surface area contributed by atoms with E-state index in [0.717, 1.165) is 0 Å². The Morgan fingerprint density at radius 3 is 3.11 bits per heavy atom. The van der Waals surface area contributed by atoms with Crippen LogP contribution in [0.25, 0.3) is 0 Å². The molecular weight excluding hydrogens is 240 g/mol. The highest BCUT2D eigenvalue weighted by Crippen LogP contribution is 2.12. The van der Waals surface area contributed by atoms with Gasteiger partial charge < -0.3 is 18.9 Å². The molecule has 0 aromatic carbocycles. The van der Waals surface area contributed by atoms with Gasteiger partial charge in [-0.3, -0.25) is 9.59 Å². The Balaban J connectivity index is 1.94. The number of nitrogens with zero attached hydrogens (tertiary/aromatic N) is 2. The molecule has 0 radical (unpaired) electrons. The van der Waals surface area contributed by atoms with Crippen molar-refractivity contribution in [1.29, 1.82) is 0 Å². The third-order valence-corrected chi connectivity index (χ3v) is 2.70. The van der Waals surface area contributed by atoms with E-state index < -0.39 is 0 Å². The van der Waals surface area contributed by atoms with Gasteiger partial charge in [-0.15, -0.1) is 0 Å². The molecule has 98 valence electrons. The number of ether oxygens (including phenoxy) is 2. The van der Waals surface area contributed by atoms with Gasteiger partial charge in [0.25, 0.3) is 5.91 Å². The second-order valence-electron chi connectivity index (χ2n) is 3.91. The van der Waals surface area contributed by atoms with Crippen LogP contribution in [0.15, 0.2) is 16.9 Å². The molecule has 1 saturated heterocycles. The predicted octanol–water partition coefficient (Wildman–Crippen LogP) is 0.0787. The number of esters is 1. The molecule has 0 N–H and O–H groups in total. The molecule has 1 aromatic heterocycles. The van der Waals surface area contributed by atoms with Gasteiger partial charge in [0.05, 0.1) is 26.2 Å². The van der Waals surface area contributed by atoms with Crippen molar-refractivity contribution in [2.75, 3.05) is 26.8 Å². The van der Waals surface area contributed by atoms with E-state index >= 15 is 0 Å². The summed E-state index contributed by atoms with van der Waals surface area (Å²) in [5.41, 5.74) is 0.258. The van der Waals surface area contributed by atoms with Gasteiger partial charge in [-0.05, 0) is 0 Å². The van der Waals surface area contributed by atoms with Crippen LogP contribution in [0.1, 0.15) is 16.9 Å². The standard InChI is InChI=1S/C11H14N2O5/c1-16-10(14)6-8-7-13(3-5-17-8)11(15)9-2-4-18-12-9/h2,4,8H,3,5-7H2,1H3. The van der Waals surface area contributed by atoms with E-state index in [0.29, 0.717) is 19.7 Å². The van der Waals surface area contributed by atoms with Crippen molar-refractivity contribution in [3.05, 3.63) is 18.0 Å². The minimum absolute atomic E-state index is 0.138. The van der Waals surface area contributed by atoms with Crippen molar-refractivity contribution in [3.63, 3.8) is 0 Å². The average Bonchev–Trinajstić information content (AvgIpc) is 2.92. The predicted molar refractivity (Wildman–Crippen MR) is 58.8 cm³/mol. The van der Waals surface area contributed by atoms with E-state index in [2.05, 4.69) is 14.4 Å². The summed E-state index contributed by atoms with van der Waals surface area (Å²) in [5, 5.41) is 3.59. The van der Waals surface area contributed by atoms with E-state index in [1.54, 1.807) is 4.90 Å². The molecule has 0 aliphatic carbocycles. The molecule has 0 saturated carbocycles. The van der Waals surface area contributed by atoms with E-state index in [1.165, 1.54) is 19.4 Å². The Hall–Kier alpha value is -1.89. The first-order chi connectivity index (χ1) is 8.70. The molecule has 1 fully saturated rings. The van der Waals surface area contributed by atoms with Crippen LogP contribution in [-0.2, 0) is 14.3 Å². The molecule has 18 heavy (non-hydrogen) atoms. The summed E-state index contributed by atoms with van der Waals surface area (Å²) >= 11 is 0. The summed E-state index contributed by atoms with van der Waals surface area (Å²) in [6, 6.07) is 1.51. The largest absolute Gasteiger partial charge is 0.469 e. The lowest BCUT2D eigenvalue weighted by atomic mass is 10.2. The third-order valence-electron chi connectivity index (χ3n) is 2.70. The first kappa shape index (κ1) is 12.6. The van der Waals surface area contributed by atoms with Crippen LogP contribution < -0.4 is 0 Å². The van der Waals surface area contributed by atoms with Crippen molar-refractivity contribution in [2.24, 2.45) is 0 Å². The molecule has 1 aliphatic heterocycles. The van der Waals surface area contributed by atoms with Crippen LogP contribution in [-0.4, -0.2) is 54.8 Å². The summed E-state index contributed by atoms with van der Waals surface area (Å²) in [5.74, 6) is -0.572. The number of aromatic nitrogens is 1. The fourth-order valence-electron chi connectivity index (χ4n) is 1.78. The lowest BCUT2D eigenvalue weighted by Gasteiger charge is -2.31. The molecule has 1 aromatic rings. The highest BCUT2D eigenvalue weighted by molar-refractivity contribution is 5.92. The molecule has 7 heteroatoms. The monoisotopic (exact) mass is 254 g/mol. The number of rotatable bonds is 3. The van der Waals surface area contributed by atoms with Crippen molar-refractivity contribution < 1.29 is 23.6 Å². The number of amides is 1. The maximum Gasteiger partial charge on any atom is 0.308 e. The zero-order valence-electron chi connectivity index (χ0n) is 10.00. The number of carbonyl (C=O) groups excluding carboxylic acids is 2. The number of carbonyl (C=O) groups is 2. The van der Waals surface area contributed by atoms with Crippen LogP contribution >= 0.6 is 0 Å². The molecule has 2 heterocycles. The molecule has 1 aliphatic rings. The molecule has 1 amide bonds. The quantitative estimate of drug-likeness (QED) is 0.710. The van der Waals surface area contributed by atoms with Crippen molar-refractivity contribution in [1.82, 2.24) is 10.1 Å². The summed E-state index contributed by atoms with van der Waals surface area (Å²) in [7, 11) is 1.32. The lowest BCUT2D eigenvalue weighted by molar-refractivity contribution is -0.145. The van der Waals surface area contributed by atoms with Gasteiger partial charge in [0.2, 0.25) is 0 Å². The van der Waals surface area contributed by atoms with Gasteiger partial charge in [-0.1, -0.05) is 5.16 Å². The summed E-state index contributed by atoms with van der Waals surface area (Å²) < 4.78 is 14.6. The zero-order valence-corrected chi connectivity index (χ0v) is 10.00. The molecular formula is C11H14N2O5. The first-order valence-corrected chi connectivity index (χ1v) is 5.59.